The molecule has 17 heavy (non-hydrogen) atoms. The third-order valence-electron chi connectivity index (χ3n) is 6.74. The van der Waals surface area contributed by atoms with Crippen LogP contribution in [0.2, 0.25) is 0 Å². The van der Waals surface area contributed by atoms with E-state index in [0.29, 0.717) is 0 Å². The standard InChI is InChI=1S/C16H26.H2O/c1-3-11-7-9-13-5-2-6-14-10-8-12(4-1)15(11)16(13)14;/h11-16H,1-10H2;1H2. The van der Waals surface area contributed by atoms with Crippen LogP contribution >= 0.6 is 0 Å². The minimum Gasteiger partial charge on any atom is -0.412 e. The number of hydrogen-bond donors (Lipinski definition) is 0. The second-order valence-corrected chi connectivity index (χ2v) is 7.21. The Balaban J connectivity index is 0.000000902. The van der Waals surface area contributed by atoms with Gasteiger partial charge in [0, 0.05) is 0 Å². The van der Waals surface area contributed by atoms with E-state index in [1.807, 2.05) is 0 Å². The van der Waals surface area contributed by atoms with Gasteiger partial charge in [0.1, 0.15) is 0 Å². The topological polar surface area (TPSA) is 31.5 Å². The van der Waals surface area contributed by atoms with E-state index in [1.165, 1.54) is 35.5 Å². The van der Waals surface area contributed by atoms with Crippen molar-refractivity contribution in [3.8, 4) is 0 Å². The van der Waals surface area contributed by atoms with Gasteiger partial charge in [0.15, 0.2) is 0 Å². The van der Waals surface area contributed by atoms with Gasteiger partial charge in [0.25, 0.3) is 0 Å². The molecule has 0 radical (unpaired) electrons. The van der Waals surface area contributed by atoms with Gasteiger partial charge in [0.05, 0.1) is 0 Å². The summed E-state index contributed by atoms with van der Waals surface area (Å²) < 4.78 is 0. The van der Waals surface area contributed by atoms with Crippen LogP contribution in [0, 0.1) is 35.5 Å². The van der Waals surface area contributed by atoms with Crippen molar-refractivity contribution in [2.45, 2.75) is 64.2 Å². The summed E-state index contributed by atoms with van der Waals surface area (Å²) in [5.74, 6) is 7.07. The van der Waals surface area contributed by atoms with Crippen LogP contribution in [0.25, 0.3) is 0 Å². The zero-order valence-electron chi connectivity index (χ0n) is 11.0. The summed E-state index contributed by atoms with van der Waals surface area (Å²) in [6, 6.07) is 0. The van der Waals surface area contributed by atoms with E-state index in [1.54, 1.807) is 64.2 Å². The highest BCUT2D eigenvalue weighted by Crippen LogP contribution is 2.59. The molecule has 4 rings (SSSR count). The Labute approximate surface area is 106 Å². The van der Waals surface area contributed by atoms with Crippen LogP contribution in [0.4, 0.5) is 0 Å². The Kier molecular flexibility index (Phi) is 3.23. The fraction of sp³-hybridized carbons (Fsp3) is 1.00. The van der Waals surface area contributed by atoms with Crippen molar-refractivity contribution in [2.24, 2.45) is 35.5 Å². The lowest BCUT2D eigenvalue weighted by Crippen LogP contribution is -2.49. The first-order valence-corrected chi connectivity index (χ1v) is 7.93. The minimum absolute atomic E-state index is 0. The molecule has 0 heterocycles. The molecule has 0 aromatic carbocycles. The Morgan fingerprint density at radius 2 is 0.706 bits per heavy atom. The van der Waals surface area contributed by atoms with Gasteiger partial charge in [-0.2, -0.15) is 0 Å². The molecule has 0 aromatic rings. The molecule has 1 nitrogen and oxygen atoms in total. The van der Waals surface area contributed by atoms with Crippen molar-refractivity contribution >= 4 is 0 Å². The van der Waals surface area contributed by atoms with E-state index >= 15 is 0 Å². The summed E-state index contributed by atoms with van der Waals surface area (Å²) in [6.45, 7) is 0. The third-order valence-corrected chi connectivity index (χ3v) is 6.74. The maximum absolute atomic E-state index is 1.61. The van der Waals surface area contributed by atoms with Crippen molar-refractivity contribution < 1.29 is 5.48 Å². The first kappa shape index (κ1) is 12.0. The molecule has 4 unspecified atom stereocenters. The molecule has 1 heteroatoms. The molecule has 0 aromatic heterocycles. The average Bonchev–Trinajstić information content (AvgIpc) is 2.36. The number of rotatable bonds is 0. The van der Waals surface area contributed by atoms with Gasteiger partial charge in [-0.3, -0.25) is 0 Å². The Hall–Kier alpha value is -0.0400. The van der Waals surface area contributed by atoms with E-state index in [9.17, 15) is 0 Å². The highest BCUT2D eigenvalue weighted by molar-refractivity contribution is 5.00. The molecule has 4 atom stereocenters. The summed E-state index contributed by atoms with van der Waals surface area (Å²) in [7, 11) is 0. The van der Waals surface area contributed by atoms with Crippen LogP contribution in [0.5, 0.6) is 0 Å². The van der Waals surface area contributed by atoms with Gasteiger partial charge in [-0.15, -0.1) is 0 Å². The van der Waals surface area contributed by atoms with E-state index in [-0.39, 0.29) is 5.48 Å². The van der Waals surface area contributed by atoms with E-state index in [0.717, 1.165) is 0 Å². The lowest BCUT2D eigenvalue weighted by Gasteiger charge is -2.57. The van der Waals surface area contributed by atoms with Gasteiger partial charge in [0.2, 0.25) is 0 Å². The van der Waals surface area contributed by atoms with Gasteiger partial charge < -0.3 is 5.48 Å². The molecule has 4 fully saturated rings. The predicted octanol–water partition coefficient (Wildman–Crippen LogP) is 3.81. The Morgan fingerprint density at radius 3 is 1.00 bits per heavy atom. The van der Waals surface area contributed by atoms with Crippen LogP contribution in [-0.2, 0) is 0 Å². The molecule has 0 spiro atoms. The van der Waals surface area contributed by atoms with E-state index in [4.69, 9.17) is 0 Å². The molecular formula is C16H28O. The van der Waals surface area contributed by atoms with Crippen molar-refractivity contribution in [1.29, 1.82) is 0 Å². The zero-order chi connectivity index (χ0) is 10.5. The largest absolute Gasteiger partial charge is 0.412 e. The van der Waals surface area contributed by atoms with Crippen molar-refractivity contribution in [3.63, 3.8) is 0 Å². The average molecular weight is 236 g/mol. The molecule has 0 bridgehead atoms. The Morgan fingerprint density at radius 1 is 0.412 bits per heavy atom. The summed E-state index contributed by atoms with van der Waals surface area (Å²) in [4.78, 5) is 0. The second kappa shape index (κ2) is 4.57. The van der Waals surface area contributed by atoms with Crippen molar-refractivity contribution in [3.05, 3.63) is 0 Å². The molecule has 0 amide bonds. The second-order valence-electron chi connectivity index (χ2n) is 7.21. The molecule has 4 saturated carbocycles. The molecule has 2 N–H and O–H groups in total. The highest BCUT2D eigenvalue weighted by atomic mass is 16.0. The van der Waals surface area contributed by atoms with E-state index in [2.05, 4.69) is 0 Å². The van der Waals surface area contributed by atoms with Crippen molar-refractivity contribution in [2.75, 3.05) is 0 Å². The summed E-state index contributed by atoms with van der Waals surface area (Å²) in [5, 5.41) is 0. The molecule has 4 aliphatic carbocycles. The van der Waals surface area contributed by atoms with Crippen LogP contribution in [-0.4, -0.2) is 5.48 Å². The first-order chi connectivity index (χ1) is 7.93. The highest BCUT2D eigenvalue weighted by Gasteiger charge is 2.50. The van der Waals surface area contributed by atoms with Gasteiger partial charge in [-0.05, 0) is 61.2 Å². The molecular weight excluding hydrogens is 208 g/mol. The Bertz CT molecular complexity index is 223. The van der Waals surface area contributed by atoms with Gasteiger partial charge in [-0.1, -0.05) is 38.5 Å². The maximum Gasteiger partial charge on any atom is -0.0324 e. The third kappa shape index (κ3) is 1.77. The SMILES string of the molecule is C1CC2CCC3CCCC4CCC(C1)C2C34.O. The molecule has 0 saturated heterocycles. The zero-order valence-corrected chi connectivity index (χ0v) is 11.0. The monoisotopic (exact) mass is 236 g/mol. The first-order valence-electron chi connectivity index (χ1n) is 7.93. The van der Waals surface area contributed by atoms with Crippen LogP contribution in [0.15, 0.2) is 0 Å². The predicted molar refractivity (Wildman–Crippen MR) is 70.7 cm³/mol. The van der Waals surface area contributed by atoms with Crippen LogP contribution < -0.4 is 0 Å². The molecule has 4 aliphatic rings. The normalized spacial score (nSPS) is 52.2. The minimum atomic E-state index is 0. The van der Waals surface area contributed by atoms with Gasteiger partial charge >= 0.3 is 0 Å². The van der Waals surface area contributed by atoms with Crippen molar-refractivity contribution in [1.82, 2.24) is 0 Å². The smallest absolute Gasteiger partial charge is 0.0324 e. The quantitative estimate of drug-likeness (QED) is 0.612. The van der Waals surface area contributed by atoms with Crippen LogP contribution in [0.3, 0.4) is 0 Å². The maximum atomic E-state index is 1.61. The summed E-state index contributed by atoms with van der Waals surface area (Å²) in [5.41, 5.74) is 0. The lowest BCUT2D eigenvalue weighted by molar-refractivity contribution is -0.0760. The summed E-state index contributed by atoms with van der Waals surface area (Å²) >= 11 is 0. The lowest BCUT2D eigenvalue weighted by atomic mass is 9.48. The molecule has 98 valence electrons. The van der Waals surface area contributed by atoms with Crippen LogP contribution in [0.1, 0.15) is 64.2 Å². The number of hydrogen-bond acceptors (Lipinski definition) is 0. The summed E-state index contributed by atoms with van der Waals surface area (Å²) in [6.07, 6.45) is 15.9. The fourth-order valence-corrected chi connectivity index (χ4v) is 6.28. The fourth-order valence-electron chi connectivity index (χ4n) is 6.28. The molecule has 0 aliphatic heterocycles. The van der Waals surface area contributed by atoms with Gasteiger partial charge in [-0.25, -0.2) is 0 Å². The van der Waals surface area contributed by atoms with E-state index < -0.39 is 0 Å².